The number of aromatic amines is 1. The number of methoxy groups -OCH3 is 1. The van der Waals surface area contributed by atoms with E-state index in [1.54, 1.807) is 12.1 Å². The van der Waals surface area contributed by atoms with Gasteiger partial charge < -0.3 is 4.74 Å². The zero-order valence-corrected chi connectivity index (χ0v) is 11.2. The maximum Gasteiger partial charge on any atom is 0.356 e. The maximum absolute atomic E-state index is 11.3. The molecule has 1 N–H and O–H groups in total. The molecule has 0 saturated heterocycles. The van der Waals surface area contributed by atoms with Crippen LogP contribution in [-0.2, 0) is 4.74 Å². The Morgan fingerprint density at radius 3 is 2.88 bits per heavy atom. The molecule has 0 aliphatic heterocycles. The van der Waals surface area contributed by atoms with Crippen molar-refractivity contribution >= 4 is 33.5 Å². The minimum absolute atomic E-state index is 0.307. The van der Waals surface area contributed by atoms with Gasteiger partial charge in [-0.1, -0.05) is 17.7 Å². The summed E-state index contributed by atoms with van der Waals surface area (Å²) in [5.41, 5.74) is 1.77. The van der Waals surface area contributed by atoms with Crippen LogP contribution in [0.5, 0.6) is 0 Å². The van der Waals surface area contributed by atoms with Crippen molar-refractivity contribution in [1.82, 2.24) is 10.2 Å². The molecule has 0 atom stereocenters. The van der Waals surface area contributed by atoms with Gasteiger partial charge in [0.2, 0.25) is 0 Å². The summed E-state index contributed by atoms with van der Waals surface area (Å²) in [6.45, 7) is 0. The van der Waals surface area contributed by atoms with Gasteiger partial charge in [-0.2, -0.15) is 5.10 Å². The van der Waals surface area contributed by atoms with Crippen LogP contribution in [0.15, 0.2) is 28.7 Å². The third kappa shape index (κ3) is 2.50. The lowest BCUT2D eigenvalue weighted by Gasteiger charge is -1.99. The quantitative estimate of drug-likeness (QED) is 0.865. The Labute approximate surface area is 111 Å². The van der Waals surface area contributed by atoms with Gasteiger partial charge in [0.1, 0.15) is 5.69 Å². The molecule has 1 heterocycles. The Morgan fingerprint density at radius 1 is 1.47 bits per heavy atom. The van der Waals surface area contributed by atoms with E-state index in [1.807, 2.05) is 12.1 Å². The summed E-state index contributed by atoms with van der Waals surface area (Å²) in [6, 6.07) is 7.06. The summed E-state index contributed by atoms with van der Waals surface area (Å²) in [5, 5.41) is 7.22. The number of halogens is 2. The number of nitrogens with one attached hydrogen (secondary N) is 1. The van der Waals surface area contributed by atoms with Gasteiger partial charge in [0.05, 0.1) is 17.8 Å². The van der Waals surface area contributed by atoms with E-state index in [9.17, 15) is 4.79 Å². The first-order valence-electron chi connectivity index (χ1n) is 4.71. The molecule has 88 valence electrons. The highest BCUT2D eigenvalue weighted by Gasteiger charge is 2.11. The fraction of sp³-hybridized carbons (Fsp3) is 0.0909. The standard InChI is InChI=1S/C11H8BrClN2O2/c1-17-11(16)10-5-9(14-15-10)6-2-3-7(12)8(13)4-6/h2-5H,1H3,(H,14,15). The number of H-pyrrole nitrogens is 1. The maximum atomic E-state index is 11.3. The van der Waals surface area contributed by atoms with Crippen molar-refractivity contribution in [2.45, 2.75) is 0 Å². The molecule has 1 aromatic heterocycles. The van der Waals surface area contributed by atoms with Crippen LogP contribution in [-0.4, -0.2) is 23.3 Å². The minimum atomic E-state index is -0.452. The predicted molar refractivity (Wildman–Crippen MR) is 68.1 cm³/mol. The highest BCUT2D eigenvalue weighted by Crippen LogP contribution is 2.28. The fourth-order valence-corrected chi connectivity index (χ4v) is 1.77. The van der Waals surface area contributed by atoms with Crippen LogP contribution in [0.1, 0.15) is 10.5 Å². The van der Waals surface area contributed by atoms with Crippen molar-refractivity contribution < 1.29 is 9.53 Å². The van der Waals surface area contributed by atoms with E-state index in [4.69, 9.17) is 11.6 Å². The highest BCUT2D eigenvalue weighted by atomic mass is 79.9. The van der Waals surface area contributed by atoms with E-state index in [2.05, 4.69) is 30.9 Å². The topological polar surface area (TPSA) is 55.0 Å². The van der Waals surface area contributed by atoms with Crippen molar-refractivity contribution in [2.75, 3.05) is 7.11 Å². The number of rotatable bonds is 2. The summed E-state index contributed by atoms with van der Waals surface area (Å²) in [5.74, 6) is -0.452. The van der Waals surface area contributed by atoms with E-state index < -0.39 is 5.97 Å². The zero-order valence-electron chi connectivity index (χ0n) is 8.83. The van der Waals surface area contributed by atoms with Gasteiger partial charge in [0.15, 0.2) is 0 Å². The monoisotopic (exact) mass is 314 g/mol. The summed E-state index contributed by atoms with van der Waals surface area (Å²) in [4.78, 5) is 11.3. The summed E-state index contributed by atoms with van der Waals surface area (Å²) >= 11 is 9.29. The summed E-state index contributed by atoms with van der Waals surface area (Å²) in [6.07, 6.45) is 0. The Morgan fingerprint density at radius 2 is 2.24 bits per heavy atom. The minimum Gasteiger partial charge on any atom is -0.464 e. The Kier molecular flexibility index (Phi) is 3.49. The van der Waals surface area contributed by atoms with Crippen LogP contribution < -0.4 is 0 Å². The third-order valence-corrected chi connectivity index (χ3v) is 3.43. The zero-order chi connectivity index (χ0) is 12.4. The molecule has 0 unspecified atom stereocenters. The smallest absolute Gasteiger partial charge is 0.356 e. The first-order chi connectivity index (χ1) is 8.11. The van der Waals surface area contributed by atoms with Gasteiger partial charge >= 0.3 is 5.97 Å². The summed E-state index contributed by atoms with van der Waals surface area (Å²) in [7, 11) is 1.32. The molecule has 0 bridgehead atoms. The van der Waals surface area contributed by atoms with Gasteiger partial charge in [-0.25, -0.2) is 4.79 Å². The molecule has 0 fully saturated rings. The number of hydrogen-bond acceptors (Lipinski definition) is 3. The number of carbonyl (C=O) groups excluding carboxylic acids is 1. The van der Waals surface area contributed by atoms with Gasteiger partial charge in [-0.15, -0.1) is 0 Å². The second-order valence-electron chi connectivity index (χ2n) is 3.29. The molecule has 0 aliphatic rings. The van der Waals surface area contributed by atoms with Crippen LogP contribution in [0.2, 0.25) is 5.02 Å². The van der Waals surface area contributed by atoms with Crippen LogP contribution >= 0.6 is 27.5 Å². The van der Waals surface area contributed by atoms with Crippen molar-refractivity contribution in [3.05, 3.63) is 39.5 Å². The number of carbonyl (C=O) groups is 1. The lowest BCUT2D eigenvalue weighted by molar-refractivity contribution is 0.0594. The molecular weight excluding hydrogens is 307 g/mol. The molecule has 4 nitrogen and oxygen atoms in total. The van der Waals surface area contributed by atoms with Crippen molar-refractivity contribution in [3.8, 4) is 11.3 Å². The molecule has 0 radical (unpaired) electrons. The molecule has 2 aromatic rings. The Balaban J connectivity index is 2.37. The van der Waals surface area contributed by atoms with E-state index in [-0.39, 0.29) is 0 Å². The van der Waals surface area contributed by atoms with E-state index in [0.717, 1.165) is 10.0 Å². The second kappa shape index (κ2) is 4.89. The molecule has 0 amide bonds. The van der Waals surface area contributed by atoms with Gasteiger partial charge in [-0.3, -0.25) is 5.10 Å². The molecule has 1 aromatic carbocycles. The average molecular weight is 316 g/mol. The lowest BCUT2D eigenvalue weighted by atomic mass is 10.1. The van der Waals surface area contributed by atoms with Gasteiger partial charge in [0.25, 0.3) is 0 Å². The van der Waals surface area contributed by atoms with E-state index in [0.29, 0.717) is 16.4 Å². The second-order valence-corrected chi connectivity index (χ2v) is 4.55. The van der Waals surface area contributed by atoms with Gasteiger partial charge in [0, 0.05) is 10.0 Å². The molecule has 6 heteroatoms. The molecule has 17 heavy (non-hydrogen) atoms. The first kappa shape index (κ1) is 12.1. The molecule has 0 saturated carbocycles. The van der Waals surface area contributed by atoms with Crippen molar-refractivity contribution in [3.63, 3.8) is 0 Å². The number of aromatic nitrogens is 2. The van der Waals surface area contributed by atoms with E-state index in [1.165, 1.54) is 7.11 Å². The van der Waals surface area contributed by atoms with Gasteiger partial charge in [-0.05, 0) is 34.1 Å². The molecular formula is C11H8BrClN2O2. The number of ether oxygens (including phenoxy) is 1. The van der Waals surface area contributed by atoms with Crippen molar-refractivity contribution in [1.29, 1.82) is 0 Å². The highest BCUT2D eigenvalue weighted by molar-refractivity contribution is 9.10. The predicted octanol–water partition coefficient (Wildman–Crippen LogP) is 3.28. The summed E-state index contributed by atoms with van der Waals surface area (Å²) < 4.78 is 5.40. The lowest BCUT2D eigenvalue weighted by Crippen LogP contribution is -2.00. The number of hydrogen-bond donors (Lipinski definition) is 1. The van der Waals surface area contributed by atoms with E-state index >= 15 is 0 Å². The normalized spacial score (nSPS) is 10.3. The largest absolute Gasteiger partial charge is 0.464 e. The van der Waals surface area contributed by atoms with Crippen molar-refractivity contribution in [2.24, 2.45) is 0 Å². The first-order valence-corrected chi connectivity index (χ1v) is 5.88. The third-order valence-electron chi connectivity index (χ3n) is 2.20. The van der Waals surface area contributed by atoms with Crippen LogP contribution in [0, 0.1) is 0 Å². The molecule has 0 aliphatic carbocycles. The van der Waals surface area contributed by atoms with Crippen LogP contribution in [0.4, 0.5) is 0 Å². The SMILES string of the molecule is COC(=O)c1cc(-c2ccc(Br)c(Cl)c2)n[nH]1. The average Bonchev–Trinajstić information content (AvgIpc) is 2.81. The molecule has 2 rings (SSSR count). The molecule has 0 spiro atoms. The number of benzene rings is 1. The Bertz CT molecular complexity index is 568. The number of nitrogens with zero attached hydrogens (tertiary/aromatic N) is 1. The number of esters is 1. The van der Waals surface area contributed by atoms with Crippen LogP contribution in [0.3, 0.4) is 0 Å². The Hall–Kier alpha value is -1.33. The fourth-order valence-electron chi connectivity index (χ4n) is 1.34. The van der Waals surface area contributed by atoms with Crippen LogP contribution in [0.25, 0.3) is 11.3 Å².